The summed E-state index contributed by atoms with van der Waals surface area (Å²) in [6.07, 6.45) is -1.66. The number of aryl methyl sites for hydroxylation is 1. The van der Waals surface area contributed by atoms with Gasteiger partial charge in [0.25, 0.3) is 0 Å². The van der Waals surface area contributed by atoms with E-state index in [0.29, 0.717) is 29.8 Å². The maximum absolute atomic E-state index is 13.5. The van der Waals surface area contributed by atoms with E-state index in [0.717, 1.165) is 5.56 Å². The minimum atomic E-state index is -0.990. The van der Waals surface area contributed by atoms with Gasteiger partial charge in [-0.2, -0.15) is 0 Å². The molecule has 1 aliphatic rings. The number of halogens is 1. The Bertz CT molecular complexity index is 1070. The van der Waals surface area contributed by atoms with Crippen LogP contribution in [0.4, 0.5) is 14.9 Å². The van der Waals surface area contributed by atoms with Crippen LogP contribution in [0.5, 0.6) is 11.5 Å². The molecular weight excluding hydrogens is 413 g/mol. The van der Waals surface area contributed by atoms with Crippen LogP contribution in [0.15, 0.2) is 72.8 Å². The molecule has 3 atom stereocenters. The number of cyclic esters (lactones) is 1. The van der Waals surface area contributed by atoms with Crippen molar-refractivity contribution in [3.8, 4) is 11.5 Å². The molecule has 0 spiro atoms. The van der Waals surface area contributed by atoms with E-state index in [1.807, 2.05) is 30.3 Å². The molecule has 0 radical (unpaired) electrons. The Kier molecular flexibility index (Phi) is 6.28. The number of ether oxygens (including phenoxy) is 2. The molecule has 7 heteroatoms. The zero-order valence-electron chi connectivity index (χ0n) is 17.5. The fourth-order valence-electron chi connectivity index (χ4n) is 3.99. The molecule has 3 aromatic carbocycles. The quantitative estimate of drug-likeness (QED) is 0.565. The zero-order chi connectivity index (χ0) is 22.7. The Morgan fingerprint density at radius 2 is 1.81 bits per heavy atom. The summed E-state index contributed by atoms with van der Waals surface area (Å²) in [4.78, 5) is 14.2. The lowest BCUT2D eigenvalue weighted by Gasteiger charge is -2.28. The number of rotatable bonds is 7. The van der Waals surface area contributed by atoms with Gasteiger partial charge in [0.15, 0.2) is 6.10 Å². The number of hydrogen-bond donors (Lipinski definition) is 2. The first-order valence-corrected chi connectivity index (χ1v) is 10.3. The second kappa shape index (κ2) is 9.28. The topological polar surface area (TPSA) is 79.2 Å². The number of amides is 1. The highest BCUT2D eigenvalue weighted by Gasteiger charge is 2.47. The molecule has 6 nitrogen and oxygen atoms in total. The van der Waals surface area contributed by atoms with Crippen molar-refractivity contribution in [2.45, 2.75) is 31.1 Å². The number of methoxy groups -OCH3 is 1. The number of aliphatic hydroxyl groups is 1. The molecule has 32 heavy (non-hydrogen) atoms. The number of carbonyl (C=O) groups is 1. The molecule has 1 saturated heterocycles. The number of benzene rings is 3. The minimum absolute atomic E-state index is 0.0972. The summed E-state index contributed by atoms with van der Waals surface area (Å²) in [6, 6.07) is 19.0. The summed E-state index contributed by atoms with van der Waals surface area (Å²) in [5.74, 6) is -0.0874. The average molecular weight is 437 g/mol. The molecule has 1 fully saturated rings. The number of carbonyl (C=O) groups excluding carboxylic acids is 1. The summed E-state index contributed by atoms with van der Waals surface area (Å²) in [7, 11) is 1.48. The lowest BCUT2D eigenvalue weighted by atomic mass is 9.93. The molecule has 4 rings (SSSR count). The van der Waals surface area contributed by atoms with Gasteiger partial charge in [0.2, 0.25) is 0 Å². The van der Waals surface area contributed by atoms with Crippen LogP contribution < -0.4 is 9.64 Å². The van der Waals surface area contributed by atoms with Crippen LogP contribution in [0.2, 0.25) is 0 Å². The van der Waals surface area contributed by atoms with Crippen LogP contribution in [0.1, 0.15) is 23.6 Å². The van der Waals surface area contributed by atoms with Crippen molar-refractivity contribution in [1.82, 2.24) is 0 Å². The number of anilines is 1. The van der Waals surface area contributed by atoms with E-state index < -0.39 is 30.2 Å². The predicted octanol–water partition coefficient (Wildman–Crippen LogP) is 4.60. The maximum Gasteiger partial charge on any atom is 0.415 e. The minimum Gasteiger partial charge on any atom is -0.507 e. The summed E-state index contributed by atoms with van der Waals surface area (Å²) in [5, 5.41) is 21.7. The van der Waals surface area contributed by atoms with Crippen molar-refractivity contribution in [3.05, 3.63) is 89.7 Å². The van der Waals surface area contributed by atoms with Crippen LogP contribution in [-0.4, -0.2) is 35.6 Å². The maximum atomic E-state index is 13.5. The number of aliphatic hydroxyl groups excluding tert-OH is 1. The van der Waals surface area contributed by atoms with Gasteiger partial charge in [-0.1, -0.05) is 30.3 Å². The van der Waals surface area contributed by atoms with E-state index in [1.54, 1.807) is 12.1 Å². The molecule has 1 aliphatic heterocycles. The van der Waals surface area contributed by atoms with Gasteiger partial charge in [-0.3, -0.25) is 4.90 Å². The Labute approximate surface area is 185 Å². The fourth-order valence-corrected chi connectivity index (χ4v) is 3.99. The zero-order valence-corrected chi connectivity index (χ0v) is 17.5. The third-order valence-electron chi connectivity index (χ3n) is 5.63. The molecule has 0 aliphatic carbocycles. The molecule has 0 saturated carbocycles. The van der Waals surface area contributed by atoms with Gasteiger partial charge in [0.05, 0.1) is 13.2 Å². The summed E-state index contributed by atoms with van der Waals surface area (Å²) >= 11 is 0. The average Bonchev–Trinajstić information content (AvgIpc) is 3.15. The van der Waals surface area contributed by atoms with Gasteiger partial charge >= 0.3 is 6.09 Å². The van der Waals surface area contributed by atoms with E-state index in [4.69, 9.17) is 9.47 Å². The van der Waals surface area contributed by atoms with Crippen LogP contribution in [-0.2, 0) is 11.2 Å². The molecule has 166 valence electrons. The van der Waals surface area contributed by atoms with Crippen LogP contribution in [0.25, 0.3) is 0 Å². The van der Waals surface area contributed by atoms with Gasteiger partial charge in [-0.15, -0.1) is 0 Å². The number of hydrogen-bond acceptors (Lipinski definition) is 5. The molecule has 2 N–H and O–H groups in total. The van der Waals surface area contributed by atoms with E-state index >= 15 is 0 Å². The standard InChI is InChI=1S/C25H24FNO5/c1-31-19-12-13-20(22(29)15-19)23-24(21(28)14-7-16-5-3-2-4-6-16)32-25(30)27(23)18-10-8-17(26)9-11-18/h2-6,8-13,15,21,23-24,28-29H,7,14H2,1H3/t21-,23-,24?/m1/s1. The third-order valence-corrected chi connectivity index (χ3v) is 5.63. The van der Waals surface area contributed by atoms with Crippen molar-refractivity contribution < 1.29 is 28.9 Å². The monoisotopic (exact) mass is 437 g/mol. The second-order valence-electron chi connectivity index (χ2n) is 7.66. The van der Waals surface area contributed by atoms with E-state index in [-0.39, 0.29) is 5.75 Å². The Hall–Kier alpha value is -3.58. The van der Waals surface area contributed by atoms with Gasteiger partial charge < -0.3 is 19.7 Å². The van der Waals surface area contributed by atoms with Crippen molar-refractivity contribution in [2.75, 3.05) is 12.0 Å². The number of phenols is 1. The van der Waals surface area contributed by atoms with Crippen LogP contribution in [0.3, 0.4) is 0 Å². The first-order valence-electron chi connectivity index (χ1n) is 10.3. The summed E-state index contributed by atoms with van der Waals surface area (Å²) in [6.45, 7) is 0. The second-order valence-corrected chi connectivity index (χ2v) is 7.66. The Morgan fingerprint density at radius 1 is 1.09 bits per heavy atom. The molecular formula is C25H24FNO5. The van der Waals surface area contributed by atoms with Gasteiger partial charge in [-0.25, -0.2) is 9.18 Å². The highest BCUT2D eigenvalue weighted by Crippen LogP contribution is 2.43. The number of phenolic OH excluding ortho intramolecular Hbond substituents is 1. The normalized spacial score (nSPS) is 19.0. The predicted molar refractivity (Wildman–Crippen MR) is 117 cm³/mol. The summed E-state index contributed by atoms with van der Waals surface area (Å²) < 4.78 is 24.2. The number of aromatic hydroxyl groups is 1. The van der Waals surface area contributed by atoms with E-state index in [9.17, 15) is 19.4 Å². The lowest BCUT2D eigenvalue weighted by Crippen LogP contribution is -2.35. The van der Waals surface area contributed by atoms with Gasteiger partial charge in [0, 0.05) is 17.3 Å². The largest absolute Gasteiger partial charge is 0.507 e. The van der Waals surface area contributed by atoms with Crippen LogP contribution >= 0.6 is 0 Å². The molecule has 3 aromatic rings. The van der Waals surface area contributed by atoms with Crippen molar-refractivity contribution in [1.29, 1.82) is 0 Å². The van der Waals surface area contributed by atoms with Crippen LogP contribution in [0, 0.1) is 5.82 Å². The molecule has 0 aromatic heterocycles. The number of nitrogens with zero attached hydrogens (tertiary/aromatic N) is 1. The third kappa shape index (κ3) is 4.38. The van der Waals surface area contributed by atoms with Gasteiger partial charge in [-0.05, 0) is 54.8 Å². The molecule has 1 unspecified atom stereocenters. The summed E-state index contributed by atoms with van der Waals surface area (Å²) in [5.41, 5.74) is 1.84. The van der Waals surface area contributed by atoms with E-state index in [2.05, 4.69) is 0 Å². The SMILES string of the molecule is COc1ccc([C@@H]2C([C@H](O)CCc3ccccc3)OC(=O)N2c2ccc(F)cc2)c(O)c1. The highest BCUT2D eigenvalue weighted by molar-refractivity contribution is 5.91. The first-order chi connectivity index (χ1) is 15.5. The molecule has 1 heterocycles. The van der Waals surface area contributed by atoms with Gasteiger partial charge in [0.1, 0.15) is 23.4 Å². The first kappa shape index (κ1) is 21.6. The van der Waals surface area contributed by atoms with E-state index in [1.165, 1.54) is 42.3 Å². The Balaban J connectivity index is 1.68. The highest BCUT2D eigenvalue weighted by atomic mass is 19.1. The Morgan fingerprint density at radius 3 is 2.47 bits per heavy atom. The fraction of sp³-hybridized carbons (Fsp3) is 0.240. The molecule has 0 bridgehead atoms. The van der Waals surface area contributed by atoms with Crippen molar-refractivity contribution >= 4 is 11.8 Å². The smallest absolute Gasteiger partial charge is 0.415 e. The molecule has 1 amide bonds. The van der Waals surface area contributed by atoms with Crippen molar-refractivity contribution in [2.24, 2.45) is 0 Å². The van der Waals surface area contributed by atoms with Crippen molar-refractivity contribution in [3.63, 3.8) is 0 Å². The lowest BCUT2D eigenvalue weighted by molar-refractivity contribution is 0.0143.